The van der Waals surface area contributed by atoms with E-state index in [1.165, 1.54) is 37.8 Å². The van der Waals surface area contributed by atoms with Crippen molar-refractivity contribution in [3.8, 4) is 0 Å². The highest BCUT2D eigenvalue weighted by molar-refractivity contribution is 5.14. The van der Waals surface area contributed by atoms with Gasteiger partial charge in [-0.1, -0.05) is 43.2 Å². The number of unbranched alkanes of at least 4 members (excludes halogenated alkanes) is 3. The van der Waals surface area contributed by atoms with Gasteiger partial charge in [-0.15, -0.1) is 0 Å². The first kappa shape index (κ1) is 17.2. The predicted molar refractivity (Wildman–Crippen MR) is 89.0 cm³/mol. The molecule has 0 radical (unpaired) electrons. The van der Waals surface area contributed by atoms with Crippen LogP contribution in [0.25, 0.3) is 0 Å². The van der Waals surface area contributed by atoms with E-state index in [0.29, 0.717) is 0 Å². The molecule has 114 valence electrons. The van der Waals surface area contributed by atoms with E-state index in [1.54, 1.807) is 0 Å². The van der Waals surface area contributed by atoms with Crippen molar-refractivity contribution in [2.24, 2.45) is 0 Å². The minimum absolute atomic E-state index is 0.260. The number of hydrogen-bond acceptors (Lipinski definition) is 2. The molecular formula is C18H32N2. The Morgan fingerprint density at radius 1 is 0.950 bits per heavy atom. The first-order valence-electron chi connectivity index (χ1n) is 7.95. The summed E-state index contributed by atoms with van der Waals surface area (Å²) in [4.78, 5) is 2.42. The summed E-state index contributed by atoms with van der Waals surface area (Å²) >= 11 is 0. The van der Waals surface area contributed by atoms with Gasteiger partial charge < -0.3 is 10.2 Å². The first-order valence-corrected chi connectivity index (χ1v) is 7.95. The zero-order valence-corrected chi connectivity index (χ0v) is 13.8. The Balaban J connectivity index is 1.98. The van der Waals surface area contributed by atoms with Gasteiger partial charge in [-0.05, 0) is 59.3 Å². The molecule has 0 unspecified atom stereocenters. The highest BCUT2D eigenvalue weighted by Crippen LogP contribution is 2.06. The van der Waals surface area contributed by atoms with Crippen molar-refractivity contribution in [3.63, 3.8) is 0 Å². The number of benzene rings is 1. The Kier molecular flexibility index (Phi) is 7.86. The molecule has 0 aromatic heterocycles. The zero-order valence-electron chi connectivity index (χ0n) is 13.8. The maximum Gasteiger partial charge on any atom is 0.0230 e. The molecule has 0 saturated carbocycles. The minimum atomic E-state index is 0.260. The van der Waals surface area contributed by atoms with Crippen molar-refractivity contribution in [1.82, 2.24) is 10.2 Å². The molecule has 1 rings (SSSR count). The summed E-state index contributed by atoms with van der Waals surface area (Å²) in [5.41, 5.74) is 1.67. The maximum atomic E-state index is 3.54. The molecule has 0 amide bonds. The highest BCUT2D eigenvalue weighted by atomic mass is 15.1. The van der Waals surface area contributed by atoms with E-state index in [-0.39, 0.29) is 5.54 Å². The van der Waals surface area contributed by atoms with Gasteiger partial charge in [-0.3, -0.25) is 0 Å². The third kappa shape index (κ3) is 9.11. The molecule has 0 atom stereocenters. The summed E-state index contributed by atoms with van der Waals surface area (Å²) in [7, 11) is 2.22. The third-order valence-corrected chi connectivity index (χ3v) is 3.42. The van der Waals surface area contributed by atoms with Crippen LogP contribution in [0, 0.1) is 0 Å². The lowest BCUT2D eigenvalue weighted by Crippen LogP contribution is -2.36. The van der Waals surface area contributed by atoms with E-state index in [2.05, 4.69) is 68.4 Å². The SMILES string of the molecule is CN(CCCCCCNC(C)(C)C)Cc1ccccc1. The third-order valence-electron chi connectivity index (χ3n) is 3.42. The van der Waals surface area contributed by atoms with Gasteiger partial charge in [-0.2, -0.15) is 0 Å². The molecular weight excluding hydrogens is 244 g/mol. The van der Waals surface area contributed by atoms with E-state index in [1.807, 2.05) is 0 Å². The molecule has 0 aliphatic rings. The molecule has 20 heavy (non-hydrogen) atoms. The molecule has 0 fully saturated rings. The number of nitrogens with one attached hydrogen (secondary N) is 1. The van der Waals surface area contributed by atoms with Crippen LogP contribution in [0.5, 0.6) is 0 Å². The van der Waals surface area contributed by atoms with Gasteiger partial charge in [0.15, 0.2) is 0 Å². The summed E-state index contributed by atoms with van der Waals surface area (Å²) in [6.45, 7) is 10.1. The normalized spacial score (nSPS) is 12.1. The van der Waals surface area contributed by atoms with Gasteiger partial charge in [-0.25, -0.2) is 0 Å². The highest BCUT2D eigenvalue weighted by Gasteiger charge is 2.06. The summed E-state index contributed by atoms with van der Waals surface area (Å²) in [6, 6.07) is 10.7. The van der Waals surface area contributed by atoms with Crippen LogP contribution in [0.15, 0.2) is 30.3 Å². The van der Waals surface area contributed by atoms with Crippen LogP contribution in [0.2, 0.25) is 0 Å². The molecule has 2 nitrogen and oxygen atoms in total. The molecule has 0 aliphatic heterocycles. The Morgan fingerprint density at radius 3 is 2.25 bits per heavy atom. The quantitative estimate of drug-likeness (QED) is 0.684. The fourth-order valence-electron chi connectivity index (χ4n) is 2.30. The van der Waals surface area contributed by atoms with E-state index < -0.39 is 0 Å². The van der Waals surface area contributed by atoms with Crippen LogP contribution in [0.1, 0.15) is 52.0 Å². The fourth-order valence-corrected chi connectivity index (χ4v) is 2.30. The smallest absolute Gasteiger partial charge is 0.0230 e. The lowest BCUT2D eigenvalue weighted by Gasteiger charge is -2.20. The Labute approximate surface area is 125 Å². The number of nitrogens with zero attached hydrogens (tertiary/aromatic N) is 1. The summed E-state index contributed by atoms with van der Waals surface area (Å²) in [5.74, 6) is 0. The second-order valence-corrected chi connectivity index (χ2v) is 6.81. The van der Waals surface area contributed by atoms with Crippen molar-refractivity contribution >= 4 is 0 Å². The Bertz CT molecular complexity index is 340. The van der Waals surface area contributed by atoms with Crippen LogP contribution in [0.3, 0.4) is 0 Å². The minimum Gasteiger partial charge on any atom is -0.312 e. The molecule has 2 heteroatoms. The average Bonchev–Trinajstić information content (AvgIpc) is 2.37. The second-order valence-electron chi connectivity index (χ2n) is 6.81. The van der Waals surface area contributed by atoms with Crippen LogP contribution in [0.4, 0.5) is 0 Å². The van der Waals surface area contributed by atoms with Gasteiger partial charge in [0.25, 0.3) is 0 Å². The predicted octanol–water partition coefficient (Wildman–Crippen LogP) is 4.07. The van der Waals surface area contributed by atoms with Crippen LogP contribution < -0.4 is 5.32 Å². The molecule has 0 heterocycles. The van der Waals surface area contributed by atoms with E-state index in [0.717, 1.165) is 13.1 Å². The monoisotopic (exact) mass is 276 g/mol. The van der Waals surface area contributed by atoms with Crippen molar-refractivity contribution < 1.29 is 0 Å². The van der Waals surface area contributed by atoms with Gasteiger partial charge in [0, 0.05) is 12.1 Å². The van der Waals surface area contributed by atoms with Crippen LogP contribution in [-0.4, -0.2) is 30.6 Å². The van der Waals surface area contributed by atoms with Gasteiger partial charge in [0.1, 0.15) is 0 Å². The fraction of sp³-hybridized carbons (Fsp3) is 0.667. The molecule has 0 saturated heterocycles. The van der Waals surface area contributed by atoms with Crippen LogP contribution in [-0.2, 0) is 6.54 Å². The second kappa shape index (κ2) is 9.15. The van der Waals surface area contributed by atoms with Crippen molar-refractivity contribution in [2.45, 2.75) is 58.5 Å². The number of hydrogen-bond donors (Lipinski definition) is 1. The molecule has 0 bridgehead atoms. The van der Waals surface area contributed by atoms with E-state index >= 15 is 0 Å². The molecule has 1 aromatic rings. The van der Waals surface area contributed by atoms with E-state index in [9.17, 15) is 0 Å². The summed E-state index contributed by atoms with van der Waals surface area (Å²) in [5, 5.41) is 3.54. The lowest BCUT2D eigenvalue weighted by atomic mass is 10.1. The molecule has 1 aromatic carbocycles. The molecule has 0 aliphatic carbocycles. The van der Waals surface area contributed by atoms with Crippen LogP contribution >= 0.6 is 0 Å². The Morgan fingerprint density at radius 2 is 1.60 bits per heavy atom. The van der Waals surface area contributed by atoms with Gasteiger partial charge >= 0.3 is 0 Å². The van der Waals surface area contributed by atoms with Crippen molar-refractivity contribution in [1.29, 1.82) is 0 Å². The number of rotatable bonds is 9. The average molecular weight is 276 g/mol. The first-order chi connectivity index (χ1) is 9.47. The van der Waals surface area contributed by atoms with Crippen molar-refractivity contribution in [2.75, 3.05) is 20.1 Å². The Hall–Kier alpha value is -0.860. The summed E-state index contributed by atoms with van der Waals surface area (Å²) < 4.78 is 0. The lowest BCUT2D eigenvalue weighted by molar-refractivity contribution is 0.316. The standard InChI is InChI=1S/C18H32N2/c1-18(2,3)19-14-10-5-6-11-15-20(4)16-17-12-8-7-9-13-17/h7-9,12-13,19H,5-6,10-11,14-16H2,1-4H3. The molecule has 1 N–H and O–H groups in total. The van der Waals surface area contributed by atoms with Crippen molar-refractivity contribution in [3.05, 3.63) is 35.9 Å². The molecule has 0 spiro atoms. The topological polar surface area (TPSA) is 15.3 Å². The van der Waals surface area contributed by atoms with Gasteiger partial charge in [0.2, 0.25) is 0 Å². The largest absolute Gasteiger partial charge is 0.312 e. The maximum absolute atomic E-state index is 3.54. The summed E-state index contributed by atoms with van der Waals surface area (Å²) in [6.07, 6.45) is 5.27. The zero-order chi connectivity index (χ0) is 14.8. The van der Waals surface area contributed by atoms with E-state index in [4.69, 9.17) is 0 Å². The van der Waals surface area contributed by atoms with Gasteiger partial charge in [0.05, 0.1) is 0 Å².